The van der Waals surface area contributed by atoms with Gasteiger partial charge in [0.25, 0.3) is 0 Å². The van der Waals surface area contributed by atoms with E-state index in [2.05, 4.69) is 6.07 Å². The lowest BCUT2D eigenvalue weighted by molar-refractivity contribution is -0.144. The molecule has 4 heteroatoms. The predicted octanol–water partition coefficient (Wildman–Crippen LogP) is 1.23. The minimum absolute atomic E-state index is 0.139. The van der Waals surface area contributed by atoms with Gasteiger partial charge in [-0.3, -0.25) is 9.69 Å². The lowest BCUT2D eigenvalue weighted by atomic mass is 9.98. The van der Waals surface area contributed by atoms with Crippen LogP contribution in [0.5, 0.6) is 0 Å². The van der Waals surface area contributed by atoms with Gasteiger partial charge < -0.3 is 5.11 Å². The SMILES string of the molecule is CC(C(=O)O)N1CCCCC1CC#N. The smallest absolute Gasteiger partial charge is 0.320 e. The zero-order valence-electron chi connectivity index (χ0n) is 8.44. The Morgan fingerprint density at radius 3 is 3.00 bits per heavy atom. The number of hydrogen-bond acceptors (Lipinski definition) is 3. The summed E-state index contributed by atoms with van der Waals surface area (Å²) in [5.74, 6) is -0.796. The zero-order chi connectivity index (χ0) is 10.6. The first-order valence-corrected chi connectivity index (χ1v) is 5.02. The topological polar surface area (TPSA) is 64.3 Å². The fourth-order valence-electron chi connectivity index (χ4n) is 2.00. The largest absolute Gasteiger partial charge is 0.480 e. The number of carbonyl (C=O) groups is 1. The minimum Gasteiger partial charge on any atom is -0.480 e. The van der Waals surface area contributed by atoms with E-state index in [-0.39, 0.29) is 6.04 Å². The number of likely N-dealkylation sites (tertiary alicyclic amines) is 1. The molecule has 0 aromatic rings. The Morgan fingerprint density at radius 2 is 2.43 bits per heavy atom. The van der Waals surface area contributed by atoms with Crippen molar-refractivity contribution in [1.82, 2.24) is 4.90 Å². The van der Waals surface area contributed by atoms with Gasteiger partial charge >= 0.3 is 5.97 Å². The predicted molar refractivity (Wildman–Crippen MR) is 51.7 cm³/mol. The summed E-state index contributed by atoms with van der Waals surface area (Å²) in [4.78, 5) is 12.8. The third kappa shape index (κ3) is 2.46. The zero-order valence-corrected chi connectivity index (χ0v) is 8.44. The summed E-state index contributed by atoms with van der Waals surface area (Å²) in [6.07, 6.45) is 3.54. The maximum Gasteiger partial charge on any atom is 0.320 e. The summed E-state index contributed by atoms with van der Waals surface area (Å²) in [5, 5.41) is 17.5. The van der Waals surface area contributed by atoms with E-state index in [0.717, 1.165) is 25.8 Å². The molecule has 1 aliphatic rings. The van der Waals surface area contributed by atoms with Gasteiger partial charge in [-0.15, -0.1) is 0 Å². The van der Waals surface area contributed by atoms with E-state index < -0.39 is 12.0 Å². The van der Waals surface area contributed by atoms with Gasteiger partial charge in [-0.1, -0.05) is 6.42 Å². The molecule has 4 nitrogen and oxygen atoms in total. The molecule has 2 unspecified atom stereocenters. The van der Waals surface area contributed by atoms with E-state index in [9.17, 15) is 4.79 Å². The molecule has 0 aliphatic carbocycles. The normalized spacial score (nSPS) is 25.3. The summed E-state index contributed by atoms with van der Waals surface area (Å²) in [5.41, 5.74) is 0. The van der Waals surface area contributed by atoms with Crippen LogP contribution in [0.2, 0.25) is 0 Å². The maximum atomic E-state index is 10.8. The van der Waals surface area contributed by atoms with Crippen molar-refractivity contribution < 1.29 is 9.90 Å². The summed E-state index contributed by atoms with van der Waals surface area (Å²) in [7, 11) is 0. The number of rotatable bonds is 3. The molecule has 0 bridgehead atoms. The Bertz CT molecular complexity index is 247. The fraction of sp³-hybridized carbons (Fsp3) is 0.800. The van der Waals surface area contributed by atoms with Gasteiger partial charge in [0.05, 0.1) is 12.5 Å². The summed E-state index contributed by atoms with van der Waals surface area (Å²) in [6, 6.07) is 1.80. The molecule has 0 radical (unpaired) electrons. The van der Waals surface area contributed by atoms with Crippen LogP contribution < -0.4 is 0 Å². The highest BCUT2D eigenvalue weighted by Gasteiger charge is 2.29. The fourth-order valence-corrected chi connectivity index (χ4v) is 2.00. The Hall–Kier alpha value is -1.08. The Balaban J connectivity index is 2.62. The number of carboxylic acid groups (broad SMARTS) is 1. The Kier molecular flexibility index (Phi) is 3.90. The number of piperidine rings is 1. The number of carboxylic acids is 1. The molecule has 0 aromatic carbocycles. The highest BCUT2D eigenvalue weighted by Crippen LogP contribution is 2.21. The van der Waals surface area contributed by atoms with Crippen molar-refractivity contribution in [3.05, 3.63) is 0 Å². The van der Waals surface area contributed by atoms with Gasteiger partial charge in [-0.2, -0.15) is 5.26 Å². The summed E-state index contributed by atoms with van der Waals surface area (Å²) >= 11 is 0. The second-order valence-corrected chi connectivity index (χ2v) is 3.76. The van der Waals surface area contributed by atoms with Crippen molar-refractivity contribution in [2.45, 2.75) is 44.7 Å². The first-order chi connectivity index (χ1) is 6.66. The molecule has 14 heavy (non-hydrogen) atoms. The number of nitrogens with zero attached hydrogens (tertiary/aromatic N) is 2. The third-order valence-electron chi connectivity index (χ3n) is 2.85. The van der Waals surface area contributed by atoms with Gasteiger partial charge in [0.15, 0.2) is 0 Å². The minimum atomic E-state index is -0.796. The summed E-state index contributed by atoms with van der Waals surface area (Å²) in [6.45, 7) is 2.50. The molecule has 0 amide bonds. The van der Waals surface area contributed by atoms with E-state index in [1.807, 2.05) is 4.90 Å². The van der Waals surface area contributed by atoms with Crippen molar-refractivity contribution in [1.29, 1.82) is 5.26 Å². The highest BCUT2D eigenvalue weighted by atomic mass is 16.4. The van der Waals surface area contributed by atoms with Gasteiger partial charge in [0, 0.05) is 6.04 Å². The Morgan fingerprint density at radius 1 is 1.71 bits per heavy atom. The maximum absolute atomic E-state index is 10.8. The van der Waals surface area contributed by atoms with Crippen LogP contribution in [0.4, 0.5) is 0 Å². The molecule has 0 aromatic heterocycles. The lowest BCUT2D eigenvalue weighted by Gasteiger charge is -2.36. The molecule has 1 fully saturated rings. The van der Waals surface area contributed by atoms with Gasteiger partial charge in [0.1, 0.15) is 6.04 Å². The van der Waals surface area contributed by atoms with Crippen LogP contribution in [0.1, 0.15) is 32.6 Å². The molecule has 1 aliphatic heterocycles. The average Bonchev–Trinajstić information content (AvgIpc) is 2.18. The molecule has 1 saturated heterocycles. The van der Waals surface area contributed by atoms with Gasteiger partial charge in [0.2, 0.25) is 0 Å². The molecule has 1 N–H and O–H groups in total. The standard InChI is InChI=1S/C10H16N2O2/c1-8(10(13)14)12-7-3-2-4-9(12)5-6-11/h8-9H,2-5,7H2,1H3,(H,13,14). The molecular weight excluding hydrogens is 180 g/mol. The number of nitriles is 1. The number of hydrogen-bond donors (Lipinski definition) is 1. The van der Waals surface area contributed by atoms with E-state index in [1.54, 1.807) is 6.92 Å². The molecule has 1 heterocycles. The molecule has 1 rings (SSSR count). The van der Waals surface area contributed by atoms with Crippen molar-refractivity contribution in [2.24, 2.45) is 0 Å². The van der Waals surface area contributed by atoms with Gasteiger partial charge in [-0.25, -0.2) is 0 Å². The summed E-state index contributed by atoms with van der Waals surface area (Å²) < 4.78 is 0. The Labute approximate surface area is 84.1 Å². The quantitative estimate of drug-likeness (QED) is 0.737. The molecule has 0 spiro atoms. The van der Waals surface area contributed by atoms with Crippen LogP contribution in [0, 0.1) is 11.3 Å². The van der Waals surface area contributed by atoms with E-state index in [0.29, 0.717) is 6.42 Å². The molecular formula is C10H16N2O2. The van der Waals surface area contributed by atoms with Crippen molar-refractivity contribution >= 4 is 5.97 Å². The van der Waals surface area contributed by atoms with E-state index in [1.165, 1.54) is 0 Å². The average molecular weight is 196 g/mol. The second-order valence-electron chi connectivity index (χ2n) is 3.76. The van der Waals surface area contributed by atoms with E-state index in [4.69, 9.17) is 10.4 Å². The van der Waals surface area contributed by atoms with Crippen LogP contribution in [-0.4, -0.2) is 34.6 Å². The van der Waals surface area contributed by atoms with Crippen molar-refractivity contribution in [3.8, 4) is 6.07 Å². The molecule has 0 saturated carbocycles. The van der Waals surface area contributed by atoms with Gasteiger partial charge in [-0.05, 0) is 26.3 Å². The third-order valence-corrected chi connectivity index (χ3v) is 2.85. The van der Waals surface area contributed by atoms with Crippen LogP contribution in [0.3, 0.4) is 0 Å². The monoisotopic (exact) mass is 196 g/mol. The van der Waals surface area contributed by atoms with Crippen LogP contribution in [0.15, 0.2) is 0 Å². The first-order valence-electron chi connectivity index (χ1n) is 5.02. The molecule has 2 atom stereocenters. The first kappa shape index (κ1) is 11.0. The van der Waals surface area contributed by atoms with E-state index >= 15 is 0 Å². The van der Waals surface area contributed by atoms with Crippen molar-refractivity contribution in [2.75, 3.05) is 6.54 Å². The van der Waals surface area contributed by atoms with Crippen LogP contribution in [0.25, 0.3) is 0 Å². The second kappa shape index (κ2) is 4.97. The van der Waals surface area contributed by atoms with Crippen molar-refractivity contribution in [3.63, 3.8) is 0 Å². The van der Waals surface area contributed by atoms with Crippen LogP contribution in [-0.2, 0) is 4.79 Å². The molecule has 78 valence electrons. The number of aliphatic carboxylic acids is 1. The lowest BCUT2D eigenvalue weighted by Crippen LogP contribution is -2.48. The highest BCUT2D eigenvalue weighted by molar-refractivity contribution is 5.72. The van der Waals surface area contributed by atoms with Crippen LogP contribution >= 0.6 is 0 Å².